The lowest BCUT2D eigenvalue weighted by molar-refractivity contribution is 0.415. The lowest BCUT2D eigenvalue weighted by atomic mass is 10.1. The number of aromatic nitrogens is 1. The number of benzene rings is 1. The first-order valence-corrected chi connectivity index (χ1v) is 6.29. The molecule has 0 saturated carbocycles. The molecule has 1 aromatic heterocycles. The number of pyridine rings is 1. The molecular weight excluding hydrogens is 282 g/mol. The van der Waals surface area contributed by atoms with Gasteiger partial charge in [0.1, 0.15) is 5.75 Å². The normalized spacial score (nSPS) is 10.2. The smallest absolute Gasteiger partial charge is 0.252 e. The molecule has 0 saturated heterocycles. The zero-order valence-electron chi connectivity index (χ0n) is 9.37. The predicted octanol–water partition coefficient (Wildman–Crippen LogP) is 2.95. The fraction of sp³-hybridized carbons (Fsp3) is 0.154. The molecule has 0 amide bonds. The first-order chi connectivity index (χ1) is 8.24. The molecule has 1 heterocycles. The third-order valence-corrected chi connectivity index (χ3v) is 3.12. The summed E-state index contributed by atoms with van der Waals surface area (Å²) in [6.07, 6.45) is 0. The summed E-state index contributed by atoms with van der Waals surface area (Å²) in [6, 6.07) is 11.3. The summed E-state index contributed by atoms with van der Waals surface area (Å²) in [6.45, 7) is 0. The molecule has 0 bridgehead atoms. The first-order valence-electron chi connectivity index (χ1n) is 5.17. The van der Waals surface area contributed by atoms with Crippen molar-refractivity contribution in [3.8, 4) is 17.0 Å². The lowest BCUT2D eigenvalue weighted by Crippen LogP contribution is -2.11. The van der Waals surface area contributed by atoms with Crippen LogP contribution in [0.3, 0.4) is 0 Å². The van der Waals surface area contributed by atoms with E-state index in [9.17, 15) is 4.79 Å². The monoisotopic (exact) mass is 293 g/mol. The van der Waals surface area contributed by atoms with Gasteiger partial charge in [0.15, 0.2) is 0 Å². The highest BCUT2D eigenvalue weighted by Gasteiger charge is 2.03. The minimum absolute atomic E-state index is 0.0674. The molecule has 0 aliphatic rings. The second-order valence-electron chi connectivity index (χ2n) is 3.59. The standard InChI is InChI=1S/C13H12BrNO2/c1-17-11-4-2-3-9(7-11)12-6-5-10(8-14)13(16)15-12/h2-7H,8H2,1H3,(H,15,16). The highest BCUT2D eigenvalue weighted by molar-refractivity contribution is 9.08. The van der Waals surface area contributed by atoms with E-state index in [1.807, 2.05) is 36.4 Å². The van der Waals surface area contributed by atoms with Crippen LogP contribution in [0.2, 0.25) is 0 Å². The molecule has 2 aromatic rings. The molecule has 17 heavy (non-hydrogen) atoms. The Kier molecular flexibility index (Phi) is 3.64. The van der Waals surface area contributed by atoms with Crippen LogP contribution >= 0.6 is 15.9 Å². The van der Waals surface area contributed by atoms with Crippen molar-refractivity contribution in [1.29, 1.82) is 0 Å². The van der Waals surface area contributed by atoms with Gasteiger partial charge in [0.05, 0.1) is 7.11 Å². The molecule has 0 fully saturated rings. The highest BCUT2D eigenvalue weighted by Crippen LogP contribution is 2.21. The molecule has 1 aromatic carbocycles. The van der Waals surface area contributed by atoms with Crippen LogP contribution < -0.4 is 10.3 Å². The van der Waals surface area contributed by atoms with Crippen molar-refractivity contribution >= 4 is 15.9 Å². The third-order valence-electron chi connectivity index (χ3n) is 2.52. The largest absolute Gasteiger partial charge is 0.497 e. The molecule has 3 nitrogen and oxygen atoms in total. The maximum atomic E-state index is 11.7. The Bertz CT molecular complexity index is 578. The van der Waals surface area contributed by atoms with Crippen molar-refractivity contribution in [3.63, 3.8) is 0 Å². The number of rotatable bonds is 3. The van der Waals surface area contributed by atoms with Gasteiger partial charge in [-0.05, 0) is 18.2 Å². The van der Waals surface area contributed by atoms with Crippen molar-refractivity contribution in [2.45, 2.75) is 5.33 Å². The van der Waals surface area contributed by atoms with Gasteiger partial charge in [-0.2, -0.15) is 0 Å². The maximum absolute atomic E-state index is 11.7. The van der Waals surface area contributed by atoms with Crippen LogP contribution in [0.25, 0.3) is 11.3 Å². The van der Waals surface area contributed by atoms with E-state index in [1.54, 1.807) is 7.11 Å². The van der Waals surface area contributed by atoms with Gasteiger partial charge in [-0.15, -0.1) is 0 Å². The summed E-state index contributed by atoms with van der Waals surface area (Å²) in [4.78, 5) is 14.5. The van der Waals surface area contributed by atoms with Gasteiger partial charge < -0.3 is 9.72 Å². The molecule has 4 heteroatoms. The van der Waals surface area contributed by atoms with Crippen LogP contribution in [0, 0.1) is 0 Å². The van der Waals surface area contributed by atoms with Crippen molar-refractivity contribution in [2.75, 3.05) is 7.11 Å². The highest BCUT2D eigenvalue weighted by atomic mass is 79.9. The molecule has 1 N–H and O–H groups in total. The van der Waals surface area contributed by atoms with Gasteiger partial charge in [-0.3, -0.25) is 4.79 Å². The molecule has 0 atom stereocenters. The zero-order valence-corrected chi connectivity index (χ0v) is 11.0. The summed E-state index contributed by atoms with van der Waals surface area (Å²) in [5.74, 6) is 0.771. The summed E-state index contributed by atoms with van der Waals surface area (Å²) in [5.41, 5.74) is 2.38. The van der Waals surface area contributed by atoms with Crippen LogP contribution in [0.5, 0.6) is 5.75 Å². The van der Waals surface area contributed by atoms with E-state index < -0.39 is 0 Å². The topological polar surface area (TPSA) is 42.1 Å². The molecule has 88 valence electrons. The first kappa shape index (κ1) is 11.9. The van der Waals surface area contributed by atoms with Gasteiger partial charge in [0, 0.05) is 22.2 Å². The molecule has 0 radical (unpaired) electrons. The van der Waals surface area contributed by atoms with Gasteiger partial charge in [-0.1, -0.05) is 34.1 Å². The number of ether oxygens (including phenoxy) is 1. The van der Waals surface area contributed by atoms with Gasteiger partial charge in [0.2, 0.25) is 0 Å². The molecule has 0 unspecified atom stereocenters. The van der Waals surface area contributed by atoms with E-state index in [0.29, 0.717) is 5.33 Å². The van der Waals surface area contributed by atoms with Crippen molar-refractivity contribution in [2.24, 2.45) is 0 Å². The van der Waals surface area contributed by atoms with E-state index in [1.165, 1.54) is 0 Å². The van der Waals surface area contributed by atoms with Crippen LogP contribution in [0.15, 0.2) is 41.2 Å². The fourth-order valence-corrected chi connectivity index (χ4v) is 2.01. The Morgan fingerprint density at radius 1 is 1.29 bits per heavy atom. The van der Waals surface area contributed by atoms with E-state index in [-0.39, 0.29) is 5.56 Å². The summed E-state index contributed by atoms with van der Waals surface area (Å²) in [5, 5.41) is 0.556. The number of aromatic amines is 1. The number of alkyl halides is 1. The van der Waals surface area contributed by atoms with E-state index in [2.05, 4.69) is 20.9 Å². The minimum Gasteiger partial charge on any atom is -0.497 e. The van der Waals surface area contributed by atoms with E-state index in [0.717, 1.165) is 22.6 Å². The maximum Gasteiger partial charge on any atom is 0.252 e. The molecule has 0 aliphatic carbocycles. The van der Waals surface area contributed by atoms with E-state index >= 15 is 0 Å². The zero-order chi connectivity index (χ0) is 12.3. The van der Waals surface area contributed by atoms with Crippen LogP contribution in [0.4, 0.5) is 0 Å². The van der Waals surface area contributed by atoms with Crippen LogP contribution in [0.1, 0.15) is 5.56 Å². The summed E-state index contributed by atoms with van der Waals surface area (Å²) in [7, 11) is 1.62. The molecule has 2 rings (SSSR count). The molecule has 0 aliphatic heterocycles. The Morgan fingerprint density at radius 2 is 2.12 bits per heavy atom. The Balaban J connectivity index is 2.46. The number of nitrogens with one attached hydrogen (secondary N) is 1. The Hall–Kier alpha value is -1.55. The number of hydrogen-bond donors (Lipinski definition) is 1. The quantitative estimate of drug-likeness (QED) is 0.884. The van der Waals surface area contributed by atoms with Gasteiger partial charge in [0.25, 0.3) is 5.56 Å². The lowest BCUT2D eigenvalue weighted by Gasteiger charge is -2.05. The van der Waals surface area contributed by atoms with Crippen molar-refractivity contribution in [1.82, 2.24) is 4.98 Å². The van der Waals surface area contributed by atoms with Crippen LogP contribution in [-0.2, 0) is 5.33 Å². The Labute approximate surface area is 108 Å². The number of H-pyrrole nitrogens is 1. The van der Waals surface area contributed by atoms with Crippen LogP contribution in [-0.4, -0.2) is 12.1 Å². The van der Waals surface area contributed by atoms with Crippen molar-refractivity contribution in [3.05, 3.63) is 52.3 Å². The Morgan fingerprint density at radius 3 is 2.76 bits per heavy atom. The minimum atomic E-state index is -0.0674. The molecular formula is C13H12BrNO2. The van der Waals surface area contributed by atoms with Gasteiger partial charge >= 0.3 is 0 Å². The third kappa shape index (κ3) is 2.58. The average molecular weight is 294 g/mol. The summed E-state index contributed by atoms with van der Waals surface area (Å²) >= 11 is 3.27. The van der Waals surface area contributed by atoms with Crippen molar-refractivity contribution < 1.29 is 4.74 Å². The predicted molar refractivity (Wildman–Crippen MR) is 71.7 cm³/mol. The molecule has 0 spiro atoms. The fourth-order valence-electron chi connectivity index (χ4n) is 1.57. The number of methoxy groups -OCH3 is 1. The van der Waals surface area contributed by atoms with E-state index in [4.69, 9.17) is 4.74 Å². The SMILES string of the molecule is COc1cccc(-c2ccc(CBr)c(=O)[nH]2)c1. The average Bonchev–Trinajstić information content (AvgIpc) is 2.38. The second kappa shape index (κ2) is 5.19. The van der Waals surface area contributed by atoms with Gasteiger partial charge in [-0.25, -0.2) is 0 Å². The number of hydrogen-bond acceptors (Lipinski definition) is 2. The number of halogens is 1. The second-order valence-corrected chi connectivity index (χ2v) is 4.15. The summed E-state index contributed by atoms with van der Waals surface area (Å²) < 4.78 is 5.15.